The molecule has 0 radical (unpaired) electrons. The van der Waals surface area contributed by atoms with Crippen LogP contribution >= 0.6 is 0 Å². The number of carbonyl (C=O) groups excluding carboxylic acids is 1. The summed E-state index contributed by atoms with van der Waals surface area (Å²) in [5, 5.41) is 13.5. The standard InChI is InChI=1S/C16H27N5O/c1-2-12-5-3-4-9-21(12)10-8-18-16(22)15-13-11-17-7-6-14(13)19-20-15/h12,17H,2-11H2,1H3,(H,18,22)(H,19,20). The molecule has 1 fully saturated rings. The largest absolute Gasteiger partial charge is 0.349 e. The first-order chi connectivity index (χ1) is 10.8. The average Bonchev–Trinajstić information content (AvgIpc) is 2.99. The molecule has 0 saturated carbocycles. The van der Waals surface area contributed by atoms with Crippen LogP contribution in [0.5, 0.6) is 0 Å². The van der Waals surface area contributed by atoms with Crippen LogP contribution in [0.2, 0.25) is 0 Å². The number of aromatic amines is 1. The number of carbonyl (C=O) groups is 1. The predicted octanol–water partition coefficient (Wildman–Crippen LogP) is 1.05. The van der Waals surface area contributed by atoms with Crippen molar-refractivity contribution in [1.29, 1.82) is 0 Å². The fourth-order valence-electron chi connectivity index (χ4n) is 3.63. The topological polar surface area (TPSA) is 73.0 Å². The Balaban J connectivity index is 1.51. The molecule has 122 valence electrons. The van der Waals surface area contributed by atoms with Crippen molar-refractivity contribution >= 4 is 5.91 Å². The molecule has 1 amide bonds. The van der Waals surface area contributed by atoms with Crippen molar-refractivity contribution in [2.75, 3.05) is 26.2 Å². The van der Waals surface area contributed by atoms with Gasteiger partial charge in [0.25, 0.3) is 5.91 Å². The van der Waals surface area contributed by atoms with Gasteiger partial charge in [0.1, 0.15) is 0 Å². The minimum absolute atomic E-state index is 0.0498. The van der Waals surface area contributed by atoms with Crippen molar-refractivity contribution < 1.29 is 4.79 Å². The quantitative estimate of drug-likeness (QED) is 0.760. The van der Waals surface area contributed by atoms with E-state index in [1.54, 1.807) is 0 Å². The molecule has 1 saturated heterocycles. The molecule has 1 atom stereocenters. The van der Waals surface area contributed by atoms with Crippen molar-refractivity contribution in [2.24, 2.45) is 0 Å². The molecular formula is C16H27N5O. The molecule has 1 aromatic heterocycles. The van der Waals surface area contributed by atoms with E-state index in [1.807, 2.05) is 0 Å². The van der Waals surface area contributed by atoms with E-state index in [2.05, 4.69) is 32.7 Å². The smallest absolute Gasteiger partial charge is 0.272 e. The molecule has 0 spiro atoms. The summed E-state index contributed by atoms with van der Waals surface area (Å²) in [7, 11) is 0. The second-order valence-electron chi connectivity index (χ2n) is 6.31. The lowest BCUT2D eigenvalue weighted by atomic mass is 10.0. The second-order valence-corrected chi connectivity index (χ2v) is 6.31. The molecule has 3 rings (SSSR count). The Kier molecular flexibility index (Phi) is 5.10. The third-order valence-corrected chi connectivity index (χ3v) is 4.93. The lowest BCUT2D eigenvalue weighted by molar-refractivity contribution is 0.0928. The van der Waals surface area contributed by atoms with Gasteiger partial charge < -0.3 is 10.6 Å². The summed E-state index contributed by atoms with van der Waals surface area (Å²) < 4.78 is 0. The van der Waals surface area contributed by atoms with Gasteiger partial charge in [-0.25, -0.2) is 0 Å². The van der Waals surface area contributed by atoms with Gasteiger partial charge in [0.15, 0.2) is 5.69 Å². The number of nitrogens with zero attached hydrogens (tertiary/aromatic N) is 2. The van der Waals surface area contributed by atoms with Crippen LogP contribution in [-0.4, -0.2) is 53.2 Å². The molecule has 0 bridgehead atoms. The van der Waals surface area contributed by atoms with E-state index in [-0.39, 0.29) is 5.91 Å². The molecule has 2 aliphatic heterocycles. The van der Waals surface area contributed by atoms with Crippen LogP contribution in [0.25, 0.3) is 0 Å². The van der Waals surface area contributed by atoms with Gasteiger partial charge in [0, 0.05) is 49.9 Å². The van der Waals surface area contributed by atoms with Crippen molar-refractivity contribution in [2.45, 2.75) is 51.6 Å². The first-order valence-corrected chi connectivity index (χ1v) is 8.58. The number of likely N-dealkylation sites (tertiary alicyclic amines) is 1. The molecule has 2 aliphatic rings. The van der Waals surface area contributed by atoms with Gasteiger partial charge in [-0.1, -0.05) is 13.3 Å². The van der Waals surface area contributed by atoms with Crippen LogP contribution in [0.15, 0.2) is 0 Å². The molecular weight excluding hydrogens is 278 g/mol. The van der Waals surface area contributed by atoms with E-state index in [9.17, 15) is 4.79 Å². The highest BCUT2D eigenvalue weighted by Gasteiger charge is 2.23. The summed E-state index contributed by atoms with van der Waals surface area (Å²) in [4.78, 5) is 14.8. The SMILES string of the molecule is CCC1CCCCN1CCNC(=O)c1n[nH]c2c1CNCC2. The highest BCUT2D eigenvalue weighted by molar-refractivity contribution is 5.94. The Morgan fingerprint density at radius 3 is 3.23 bits per heavy atom. The lowest BCUT2D eigenvalue weighted by Crippen LogP contribution is -2.43. The lowest BCUT2D eigenvalue weighted by Gasteiger charge is -2.35. The van der Waals surface area contributed by atoms with Gasteiger partial charge in [-0.15, -0.1) is 0 Å². The van der Waals surface area contributed by atoms with Crippen LogP contribution in [0.1, 0.15) is 54.4 Å². The average molecular weight is 305 g/mol. The number of amides is 1. The minimum atomic E-state index is -0.0498. The molecule has 0 aromatic carbocycles. The third kappa shape index (κ3) is 3.33. The zero-order chi connectivity index (χ0) is 15.4. The van der Waals surface area contributed by atoms with Crippen molar-refractivity contribution in [3.63, 3.8) is 0 Å². The number of hydrogen-bond acceptors (Lipinski definition) is 4. The Morgan fingerprint density at radius 1 is 1.45 bits per heavy atom. The molecule has 6 heteroatoms. The number of fused-ring (bicyclic) bond motifs is 1. The Morgan fingerprint density at radius 2 is 2.36 bits per heavy atom. The summed E-state index contributed by atoms with van der Waals surface area (Å²) in [6, 6.07) is 0.688. The first-order valence-electron chi connectivity index (χ1n) is 8.58. The van der Waals surface area contributed by atoms with Gasteiger partial charge >= 0.3 is 0 Å². The van der Waals surface area contributed by atoms with E-state index in [4.69, 9.17) is 0 Å². The molecule has 22 heavy (non-hydrogen) atoms. The van der Waals surface area contributed by atoms with E-state index >= 15 is 0 Å². The maximum absolute atomic E-state index is 12.3. The molecule has 0 aliphatic carbocycles. The third-order valence-electron chi connectivity index (χ3n) is 4.93. The van der Waals surface area contributed by atoms with Crippen molar-refractivity contribution in [3.05, 3.63) is 17.0 Å². The molecule has 6 nitrogen and oxygen atoms in total. The van der Waals surface area contributed by atoms with Crippen LogP contribution in [0.4, 0.5) is 0 Å². The highest BCUT2D eigenvalue weighted by atomic mass is 16.1. The fourth-order valence-corrected chi connectivity index (χ4v) is 3.63. The van der Waals surface area contributed by atoms with Gasteiger partial charge in [0.05, 0.1) is 0 Å². The Hall–Kier alpha value is -1.40. The summed E-state index contributed by atoms with van der Waals surface area (Å²) in [5.41, 5.74) is 2.70. The van der Waals surface area contributed by atoms with Crippen LogP contribution in [0, 0.1) is 0 Å². The van der Waals surface area contributed by atoms with Crippen LogP contribution < -0.4 is 10.6 Å². The zero-order valence-electron chi connectivity index (χ0n) is 13.5. The minimum Gasteiger partial charge on any atom is -0.349 e. The number of nitrogens with one attached hydrogen (secondary N) is 3. The maximum atomic E-state index is 12.3. The number of hydrogen-bond donors (Lipinski definition) is 3. The predicted molar refractivity (Wildman–Crippen MR) is 85.8 cm³/mol. The normalized spacial score (nSPS) is 22.3. The van der Waals surface area contributed by atoms with Gasteiger partial charge in [-0.05, 0) is 25.8 Å². The number of aromatic nitrogens is 2. The van der Waals surface area contributed by atoms with Crippen molar-refractivity contribution in [1.82, 2.24) is 25.7 Å². The van der Waals surface area contributed by atoms with Gasteiger partial charge in [0.2, 0.25) is 0 Å². The summed E-state index contributed by atoms with van der Waals surface area (Å²) in [5.74, 6) is -0.0498. The number of rotatable bonds is 5. The first kappa shape index (κ1) is 15.5. The van der Waals surface area contributed by atoms with Gasteiger partial charge in [-0.3, -0.25) is 14.8 Å². The molecule has 1 unspecified atom stereocenters. The molecule has 1 aromatic rings. The number of piperidine rings is 1. The Labute approximate surface area is 132 Å². The monoisotopic (exact) mass is 305 g/mol. The highest BCUT2D eigenvalue weighted by Crippen LogP contribution is 2.19. The van der Waals surface area contributed by atoms with E-state index < -0.39 is 0 Å². The molecule has 3 N–H and O–H groups in total. The van der Waals surface area contributed by atoms with E-state index in [0.717, 1.165) is 43.9 Å². The van der Waals surface area contributed by atoms with E-state index in [0.29, 0.717) is 18.3 Å². The summed E-state index contributed by atoms with van der Waals surface area (Å²) >= 11 is 0. The molecule has 3 heterocycles. The van der Waals surface area contributed by atoms with E-state index in [1.165, 1.54) is 25.7 Å². The van der Waals surface area contributed by atoms with Crippen molar-refractivity contribution in [3.8, 4) is 0 Å². The van der Waals surface area contributed by atoms with Crippen LogP contribution in [0.3, 0.4) is 0 Å². The Bertz CT molecular complexity index is 513. The summed E-state index contributed by atoms with van der Waals surface area (Å²) in [6.07, 6.45) is 6.04. The van der Waals surface area contributed by atoms with Gasteiger partial charge in [-0.2, -0.15) is 5.10 Å². The second kappa shape index (κ2) is 7.24. The fraction of sp³-hybridized carbons (Fsp3) is 0.750. The maximum Gasteiger partial charge on any atom is 0.272 e. The number of H-pyrrole nitrogens is 1. The summed E-state index contributed by atoms with van der Waals surface area (Å²) in [6.45, 7) is 6.74. The van der Waals surface area contributed by atoms with Crippen LogP contribution in [-0.2, 0) is 13.0 Å². The zero-order valence-corrected chi connectivity index (χ0v) is 13.5.